The molecule has 0 aliphatic carbocycles. The predicted octanol–water partition coefficient (Wildman–Crippen LogP) is 6.42. The first-order chi connectivity index (χ1) is 18.6. The van der Waals surface area contributed by atoms with E-state index in [0.29, 0.717) is 54.9 Å². The number of anilines is 1. The normalized spacial score (nSPS) is 15.3. The first kappa shape index (κ1) is 28.8. The Morgan fingerprint density at radius 1 is 1.13 bits per heavy atom. The number of nitrogens with one attached hydrogen (secondary N) is 1. The molecule has 4 rings (SSSR count). The molecule has 1 aliphatic heterocycles. The standard InChI is InChI=1S/C29H32F3N3O3S/c1-2-3-8-25(36)28(38)35-15-13-21(14-16-35)27-34-24(18-39-27)26(37)33-23-7-5-4-6-22(23)20-11-9-19(10-12-20)17-29(30,31)32/h4-7,9-12,18,21,25,36H,2-3,8,13-17H2,1H3,(H,33,37). The molecule has 2 N–H and O–H groups in total. The van der Waals surface area contributed by atoms with Gasteiger partial charge in [0.25, 0.3) is 11.8 Å². The number of aliphatic hydroxyl groups excluding tert-OH is 1. The van der Waals surface area contributed by atoms with Gasteiger partial charge in [-0.25, -0.2) is 4.98 Å². The van der Waals surface area contributed by atoms with Gasteiger partial charge in [0.1, 0.15) is 11.8 Å². The number of benzene rings is 2. The van der Waals surface area contributed by atoms with E-state index in [2.05, 4.69) is 10.3 Å². The zero-order valence-corrected chi connectivity index (χ0v) is 22.5. The number of aliphatic hydroxyl groups is 1. The van der Waals surface area contributed by atoms with Gasteiger partial charge in [0.15, 0.2) is 0 Å². The highest BCUT2D eigenvalue weighted by molar-refractivity contribution is 7.10. The van der Waals surface area contributed by atoms with Gasteiger partial charge in [0.05, 0.1) is 11.4 Å². The number of nitrogens with zero attached hydrogens (tertiary/aromatic N) is 2. The summed E-state index contributed by atoms with van der Waals surface area (Å²) >= 11 is 1.41. The van der Waals surface area contributed by atoms with E-state index in [1.807, 2.05) is 6.92 Å². The number of hydrogen-bond acceptors (Lipinski definition) is 5. The summed E-state index contributed by atoms with van der Waals surface area (Å²) in [6, 6.07) is 13.2. The monoisotopic (exact) mass is 559 g/mol. The van der Waals surface area contributed by atoms with Crippen LogP contribution in [-0.2, 0) is 11.2 Å². The van der Waals surface area contributed by atoms with Gasteiger partial charge in [-0.1, -0.05) is 62.2 Å². The van der Waals surface area contributed by atoms with Gasteiger partial charge in [-0.2, -0.15) is 13.2 Å². The first-order valence-corrected chi connectivity index (χ1v) is 14.0. The van der Waals surface area contributed by atoms with Crippen LogP contribution in [0.5, 0.6) is 0 Å². The second-order valence-electron chi connectivity index (χ2n) is 9.82. The largest absolute Gasteiger partial charge is 0.393 e. The van der Waals surface area contributed by atoms with Crippen molar-refractivity contribution in [1.82, 2.24) is 9.88 Å². The van der Waals surface area contributed by atoms with Gasteiger partial charge in [0.2, 0.25) is 0 Å². The lowest BCUT2D eigenvalue weighted by Crippen LogP contribution is -2.43. The minimum atomic E-state index is -4.27. The predicted molar refractivity (Wildman–Crippen MR) is 146 cm³/mol. The molecule has 1 aromatic heterocycles. The van der Waals surface area contributed by atoms with E-state index >= 15 is 0 Å². The highest BCUT2D eigenvalue weighted by Gasteiger charge is 2.29. The lowest BCUT2D eigenvalue weighted by molar-refractivity contribution is -0.141. The Hall–Kier alpha value is -3.24. The Bertz CT molecular complexity index is 1270. The molecule has 0 saturated carbocycles. The summed E-state index contributed by atoms with van der Waals surface area (Å²) in [5.41, 5.74) is 2.38. The summed E-state index contributed by atoms with van der Waals surface area (Å²) in [6.45, 7) is 3.11. The SMILES string of the molecule is CCCCC(O)C(=O)N1CCC(c2nc(C(=O)Nc3ccccc3-c3ccc(CC(F)(F)F)cc3)cs2)CC1. The molecule has 1 unspecified atom stereocenters. The molecule has 208 valence electrons. The molecule has 1 atom stereocenters. The van der Waals surface area contributed by atoms with Gasteiger partial charge in [-0.15, -0.1) is 11.3 Å². The molecule has 1 aliphatic rings. The Balaban J connectivity index is 1.37. The number of amides is 2. The minimum absolute atomic E-state index is 0.135. The number of alkyl halides is 3. The van der Waals surface area contributed by atoms with E-state index in [1.165, 1.54) is 23.5 Å². The van der Waals surface area contributed by atoms with Crippen molar-refractivity contribution in [3.8, 4) is 11.1 Å². The van der Waals surface area contributed by atoms with Crippen molar-refractivity contribution in [2.45, 2.75) is 63.6 Å². The van der Waals surface area contributed by atoms with Crippen LogP contribution in [-0.4, -0.2) is 52.2 Å². The highest BCUT2D eigenvalue weighted by Crippen LogP contribution is 2.32. The van der Waals surface area contributed by atoms with Crippen LogP contribution in [0.25, 0.3) is 11.1 Å². The maximum atomic E-state index is 13.0. The number of carbonyl (C=O) groups excluding carboxylic acids is 2. The van der Waals surface area contributed by atoms with E-state index in [9.17, 15) is 27.9 Å². The second kappa shape index (κ2) is 12.7. The number of likely N-dealkylation sites (tertiary alicyclic amines) is 1. The molecule has 39 heavy (non-hydrogen) atoms. The second-order valence-corrected chi connectivity index (χ2v) is 10.7. The number of aromatic nitrogens is 1. The van der Waals surface area contributed by atoms with E-state index in [1.54, 1.807) is 46.7 Å². The molecule has 6 nitrogen and oxygen atoms in total. The number of piperidine rings is 1. The smallest absolute Gasteiger partial charge is 0.383 e. The van der Waals surface area contributed by atoms with Crippen LogP contribution in [0.2, 0.25) is 0 Å². The van der Waals surface area contributed by atoms with E-state index in [4.69, 9.17) is 0 Å². The average Bonchev–Trinajstić information content (AvgIpc) is 3.42. The minimum Gasteiger partial charge on any atom is -0.383 e. The van der Waals surface area contributed by atoms with E-state index < -0.39 is 18.7 Å². The van der Waals surface area contributed by atoms with Gasteiger partial charge in [0, 0.05) is 35.6 Å². The molecule has 10 heteroatoms. The summed E-state index contributed by atoms with van der Waals surface area (Å²) in [7, 11) is 0. The molecule has 1 fully saturated rings. The van der Waals surface area contributed by atoms with Gasteiger partial charge in [-0.05, 0) is 36.5 Å². The van der Waals surface area contributed by atoms with Crippen molar-refractivity contribution < 1.29 is 27.9 Å². The van der Waals surface area contributed by atoms with Gasteiger partial charge >= 0.3 is 6.18 Å². The van der Waals surface area contributed by atoms with E-state index in [-0.39, 0.29) is 23.3 Å². The molecule has 2 aromatic carbocycles. The van der Waals surface area contributed by atoms with Crippen molar-refractivity contribution in [3.05, 3.63) is 70.2 Å². The lowest BCUT2D eigenvalue weighted by atomic mass is 9.97. The number of rotatable bonds is 9. The third-order valence-corrected chi connectivity index (χ3v) is 7.88. The van der Waals surface area contributed by atoms with Crippen molar-refractivity contribution >= 4 is 28.8 Å². The zero-order chi connectivity index (χ0) is 28.0. The summed E-state index contributed by atoms with van der Waals surface area (Å²) in [5, 5.41) is 15.6. The summed E-state index contributed by atoms with van der Waals surface area (Å²) in [6.07, 6.45) is -2.56. The topological polar surface area (TPSA) is 82.5 Å². The average molecular weight is 560 g/mol. The zero-order valence-electron chi connectivity index (χ0n) is 21.7. The van der Waals surface area contributed by atoms with Gasteiger partial charge < -0.3 is 15.3 Å². The molecule has 0 spiro atoms. The number of thiazole rings is 1. The fourth-order valence-electron chi connectivity index (χ4n) is 4.72. The van der Waals surface area contributed by atoms with E-state index in [0.717, 1.165) is 17.8 Å². The van der Waals surface area contributed by atoms with Crippen LogP contribution in [0.4, 0.5) is 18.9 Å². The summed E-state index contributed by atoms with van der Waals surface area (Å²) in [4.78, 5) is 31.8. The fraction of sp³-hybridized carbons (Fsp3) is 0.414. The summed E-state index contributed by atoms with van der Waals surface area (Å²) in [5.74, 6) is -0.448. The Labute approximate surface area is 229 Å². The van der Waals surface area contributed by atoms with Crippen LogP contribution in [0.3, 0.4) is 0 Å². The number of unbranched alkanes of at least 4 members (excludes halogenated alkanes) is 1. The Kier molecular flexibility index (Phi) is 9.40. The quantitative estimate of drug-likeness (QED) is 0.317. The molecule has 2 heterocycles. The molecule has 3 aromatic rings. The Morgan fingerprint density at radius 2 is 1.82 bits per heavy atom. The third-order valence-electron chi connectivity index (χ3n) is 6.87. The molecule has 0 radical (unpaired) electrons. The molecular formula is C29H32F3N3O3S. The molecule has 2 amide bonds. The van der Waals surface area contributed by atoms with Crippen LogP contribution in [0.1, 0.15) is 66.0 Å². The van der Waals surface area contributed by atoms with Crippen molar-refractivity contribution in [1.29, 1.82) is 0 Å². The van der Waals surface area contributed by atoms with Crippen molar-refractivity contribution in [3.63, 3.8) is 0 Å². The van der Waals surface area contributed by atoms with Gasteiger partial charge in [-0.3, -0.25) is 9.59 Å². The number of hydrogen-bond donors (Lipinski definition) is 2. The number of para-hydroxylation sites is 1. The summed E-state index contributed by atoms with van der Waals surface area (Å²) < 4.78 is 38.1. The number of carbonyl (C=O) groups is 2. The van der Waals surface area contributed by atoms with Crippen LogP contribution in [0, 0.1) is 0 Å². The van der Waals surface area contributed by atoms with Crippen molar-refractivity contribution in [2.24, 2.45) is 0 Å². The molecular weight excluding hydrogens is 527 g/mol. The Morgan fingerprint density at radius 3 is 2.49 bits per heavy atom. The lowest BCUT2D eigenvalue weighted by Gasteiger charge is -2.32. The van der Waals surface area contributed by atoms with Crippen LogP contribution < -0.4 is 5.32 Å². The van der Waals surface area contributed by atoms with Crippen LogP contribution >= 0.6 is 11.3 Å². The number of halogens is 3. The van der Waals surface area contributed by atoms with Crippen molar-refractivity contribution in [2.75, 3.05) is 18.4 Å². The highest BCUT2D eigenvalue weighted by atomic mass is 32.1. The maximum absolute atomic E-state index is 13.0. The molecule has 0 bridgehead atoms. The maximum Gasteiger partial charge on any atom is 0.393 e. The van der Waals surface area contributed by atoms with Crippen LogP contribution in [0.15, 0.2) is 53.9 Å². The fourth-order valence-corrected chi connectivity index (χ4v) is 5.69. The first-order valence-electron chi connectivity index (χ1n) is 13.1. The molecule has 1 saturated heterocycles. The third kappa shape index (κ3) is 7.67.